The van der Waals surface area contributed by atoms with Crippen molar-refractivity contribution in [2.45, 2.75) is 39.3 Å². The summed E-state index contributed by atoms with van der Waals surface area (Å²) < 4.78 is 6.83. The number of pyridine rings is 1. The maximum atomic E-state index is 12.7. The number of aliphatic carboxylic acids is 1. The molecule has 168 valence electrons. The van der Waals surface area contributed by atoms with Gasteiger partial charge in [0.15, 0.2) is 5.54 Å². The van der Waals surface area contributed by atoms with Gasteiger partial charge < -0.3 is 19.7 Å². The number of carboxylic acid groups (broad SMARTS) is 1. The van der Waals surface area contributed by atoms with Gasteiger partial charge in [0, 0.05) is 13.1 Å². The van der Waals surface area contributed by atoms with Crippen LogP contribution in [0.1, 0.15) is 38.3 Å². The number of alkyl carbamates (subject to hydrolysis) is 1. The Hall–Kier alpha value is -3.61. The van der Waals surface area contributed by atoms with Crippen molar-refractivity contribution in [3.05, 3.63) is 82.1 Å². The molecule has 1 unspecified atom stereocenters. The summed E-state index contributed by atoms with van der Waals surface area (Å²) in [6.45, 7) is 5.75. The zero-order valence-electron chi connectivity index (χ0n) is 18.7. The van der Waals surface area contributed by atoms with Crippen molar-refractivity contribution < 1.29 is 19.4 Å². The fourth-order valence-electron chi connectivity index (χ4n) is 3.85. The molecule has 0 fully saturated rings. The van der Waals surface area contributed by atoms with Gasteiger partial charge in [0.25, 0.3) is 5.56 Å². The van der Waals surface area contributed by atoms with E-state index in [2.05, 4.69) is 5.32 Å². The lowest BCUT2D eigenvalue weighted by atomic mass is 9.75. The third-order valence-electron chi connectivity index (χ3n) is 5.31. The van der Waals surface area contributed by atoms with Crippen molar-refractivity contribution in [1.82, 2.24) is 9.88 Å². The molecule has 2 aromatic carbocycles. The topological polar surface area (TPSA) is 97.6 Å². The molecule has 0 saturated carbocycles. The lowest BCUT2D eigenvalue weighted by molar-refractivity contribution is -0.146. The summed E-state index contributed by atoms with van der Waals surface area (Å²) in [5, 5.41) is 13.7. The quantitative estimate of drug-likeness (QED) is 0.604. The average Bonchev–Trinajstić information content (AvgIpc) is 2.74. The van der Waals surface area contributed by atoms with E-state index in [-0.39, 0.29) is 18.6 Å². The van der Waals surface area contributed by atoms with E-state index in [1.807, 2.05) is 51.1 Å². The van der Waals surface area contributed by atoms with Crippen molar-refractivity contribution in [2.24, 2.45) is 12.5 Å². The normalized spacial score (nSPS) is 13.4. The van der Waals surface area contributed by atoms with Crippen LogP contribution in [0.4, 0.5) is 4.79 Å². The predicted octanol–water partition coefficient (Wildman–Crippen LogP) is 4.18. The van der Waals surface area contributed by atoms with Crippen molar-refractivity contribution in [3.63, 3.8) is 0 Å². The molecule has 0 radical (unpaired) electrons. The maximum absolute atomic E-state index is 12.7. The van der Waals surface area contributed by atoms with Gasteiger partial charge >= 0.3 is 12.1 Å². The Bertz CT molecular complexity index is 1190. The number of fused-ring (bicyclic) bond motifs is 1. The number of nitrogens with one attached hydrogen (secondary N) is 1. The van der Waals surface area contributed by atoms with Crippen molar-refractivity contribution in [3.8, 4) is 0 Å². The lowest BCUT2D eigenvalue weighted by Crippen LogP contribution is -2.54. The van der Waals surface area contributed by atoms with Crippen LogP contribution in [0.25, 0.3) is 10.9 Å². The van der Waals surface area contributed by atoms with E-state index >= 15 is 0 Å². The highest BCUT2D eigenvalue weighted by atomic mass is 16.5. The highest BCUT2D eigenvalue weighted by Gasteiger charge is 2.45. The molecule has 0 bridgehead atoms. The number of carbonyl (C=O) groups excluding carboxylic acids is 1. The number of carboxylic acids is 1. The van der Waals surface area contributed by atoms with Gasteiger partial charge in [-0.05, 0) is 46.5 Å². The number of carbonyl (C=O) groups is 2. The molecule has 0 spiro atoms. The maximum Gasteiger partial charge on any atom is 0.408 e. The number of hydrogen-bond acceptors (Lipinski definition) is 4. The van der Waals surface area contributed by atoms with E-state index in [9.17, 15) is 19.5 Å². The molecule has 0 aliphatic heterocycles. The molecule has 1 heterocycles. The van der Waals surface area contributed by atoms with E-state index in [0.29, 0.717) is 16.5 Å². The number of hydrogen-bond donors (Lipinski definition) is 2. The van der Waals surface area contributed by atoms with Crippen LogP contribution < -0.4 is 10.9 Å². The minimum absolute atomic E-state index is 0.0255. The minimum atomic E-state index is -1.71. The molecule has 3 aromatic rings. The Kier molecular flexibility index (Phi) is 6.39. The molecular formula is C25H28N2O5. The molecule has 7 heteroatoms. The van der Waals surface area contributed by atoms with Crippen molar-refractivity contribution in [2.75, 3.05) is 0 Å². The van der Waals surface area contributed by atoms with Crippen molar-refractivity contribution >= 4 is 23.0 Å². The summed E-state index contributed by atoms with van der Waals surface area (Å²) in [6.07, 6.45) is -0.686. The molecule has 2 N–H and O–H groups in total. The fraction of sp³-hybridized carbons (Fsp3) is 0.320. The number of aromatic nitrogens is 1. The number of nitrogens with zero attached hydrogens (tertiary/aromatic N) is 1. The first kappa shape index (κ1) is 23.1. The lowest BCUT2D eigenvalue weighted by Gasteiger charge is -2.36. The molecule has 32 heavy (non-hydrogen) atoms. The van der Waals surface area contributed by atoms with Gasteiger partial charge in [-0.2, -0.15) is 0 Å². The Morgan fingerprint density at radius 1 is 1.03 bits per heavy atom. The monoisotopic (exact) mass is 436 g/mol. The summed E-state index contributed by atoms with van der Waals surface area (Å²) in [5.74, 6) is -1.19. The third kappa shape index (κ3) is 4.99. The Morgan fingerprint density at radius 3 is 2.34 bits per heavy atom. The van der Waals surface area contributed by atoms with Crippen LogP contribution in [0.3, 0.4) is 0 Å². The fourth-order valence-corrected chi connectivity index (χ4v) is 3.85. The van der Waals surface area contributed by atoms with Crippen LogP contribution in [0.15, 0.2) is 65.5 Å². The van der Waals surface area contributed by atoms with Gasteiger partial charge in [-0.1, -0.05) is 57.2 Å². The molecule has 1 aromatic heterocycles. The smallest absolute Gasteiger partial charge is 0.408 e. The van der Waals surface area contributed by atoms with Crippen LogP contribution in [0.2, 0.25) is 0 Å². The van der Waals surface area contributed by atoms with Crippen LogP contribution in [-0.4, -0.2) is 21.7 Å². The Balaban J connectivity index is 2.01. The summed E-state index contributed by atoms with van der Waals surface area (Å²) in [6, 6.07) is 17.3. The molecule has 3 rings (SSSR count). The van der Waals surface area contributed by atoms with Gasteiger partial charge in [0.05, 0.1) is 5.52 Å². The van der Waals surface area contributed by atoms with Crippen LogP contribution in [-0.2, 0) is 28.7 Å². The summed E-state index contributed by atoms with van der Waals surface area (Å²) in [7, 11) is 1.66. The minimum Gasteiger partial charge on any atom is -0.479 e. The summed E-state index contributed by atoms with van der Waals surface area (Å²) in [5.41, 5.74) is -0.429. The second-order valence-corrected chi connectivity index (χ2v) is 9.14. The van der Waals surface area contributed by atoms with Crippen LogP contribution >= 0.6 is 0 Å². The molecule has 7 nitrogen and oxygen atoms in total. The van der Waals surface area contributed by atoms with Gasteiger partial charge in [-0.3, -0.25) is 4.79 Å². The van der Waals surface area contributed by atoms with E-state index in [0.717, 1.165) is 5.56 Å². The molecule has 1 atom stereocenters. The molecule has 0 saturated heterocycles. The third-order valence-corrected chi connectivity index (χ3v) is 5.31. The first-order chi connectivity index (χ1) is 15.0. The predicted molar refractivity (Wildman–Crippen MR) is 122 cm³/mol. The highest BCUT2D eigenvalue weighted by Crippen LogP contribution is 2.36. The van der Waals surface area contributed by atoms with E-state index < -0.39 is 23.0 Å². The van der Waals surface area contributed by atoms with Gasteiger partial charge in [-0.15, -0.1) is 0 Å². The SMILES string of the molecule is Cn1c(=O)ccc2cc(C(CC(C)(C)C)(NC(=O)OCc3ccccc3)C(=O)O)ccc21. The van der Waals surface area contributed by atoms with Crippen molar-refractivity contribution in [1.29, 1.82) is 0 Å². The number of ether oxygens (including phenoxy) is 1. The second-order valence-electron chi connectivity index (χ2n) is 9.14. The number of rotatable bonds is 6. The first-order valence-electron chi connectivity index (χ1n) is 10.3. The van der Waals surface area contributed by atoms with E-state index in [1.54, 1.807) is 31.3 Å². The summed E-state index contributed by atoms with van der Waals surface area (Å²) >= 11 is 0. The van der Waals surface area contributed by atoms with Crippen LogP contribution in [0.5, 0.6) is 0 Å². The molecular weight excluding hydrogens is 408 g/mol. The molecule has 0 aliphatic rings. The van der Waals surface area contributed by atoms with E-state index in [1.165, 1.54) is 10.6 Å². The average molecular weight is 437 g/mol. The largest absolute Gasteiger partial charge is 0.479 e. The molecule has 1 amide bonds. The number of aryl methyl sites for hydroxylation is 1. The second kappa shape index (κ2) is 8.86. The first-order valence-corrected chi connectivity index (χ1v) is 10.3. The van der Waals surface area contributed by atoms with Gasteiger partial charge in [-0.25, -0.2) is 9.59 Å². The highest BCUT2D eigenvalue weighted by molar-refractivity contribution is 5.88. The van der Waals surface area contributed by atoms with Gasteiger partial charge in [0.1, 0.15) is 6.61 Å². The number of benzene rings is 2. The Morgan fingerprint density at radius 2 is 1.72 bits per heavy atom. The summed E-state index contributed by atoms with van der Waals surface area (Å²) in [4.78, 5) is 37.3. The zero-order chi connectivity index (χ0) is 23.5. The van der Waals surface area contributed by atoms with Crippen LogP contribution in [0, 0.1) is 5.41 Å². The standard InChI is InChI=1S/C25H28N2O5/c1-24(2,3)16-25(22(29)30,26-23(31)32-15-17-8-6-5-7-9-17)19-11-12-20-18(14-19)10-13-21(28)27(20)4/h5-14H,15-16H2,1-4H3,(H,26,31)(H,29,30). The van der Waals surface area contributed by atoms with Gasteiger partial charge in [0.2, 0.25) is 0 Å². The number of amides is 1. The zero-order valence-corrected chi connectivity index (χ0v) is 18.7. The molecule has 0 aliphatic carbocycles. The Labute approximate surface area is 186 Å². The van der Waals surface area contributed by atoms with E-state index in [4.69, 9.17) is 4.74 Å².